The molecule has 1 saturated carbocycles. The molecule has 1 aromatic rings. The minimum atomic E-state index is -0.606. The van der Waals surface area contributed by atoms with Crippen LogP contribution < -0.4 is 11.1 Å². The fourth-order valence-corrected chi connectivity index (χ4v) is 1.92. The Kier molecular flexibility index (Phi) is 3.07. The molecule has 0 aromatic heterocycles. The fraction of sp³-hybridized carbons (Fsp3) is 0.333. The van der Waals surface area contributed by atoms with E-state index in [1.54, 1.807) is 12.1 Å². The smallest absolute Gasteiger partial charge is 0.250 e. The molecule has 1 aliphatic rings. The SMILES string of the molecule is C[C@@H]1C[C@@H]1C(=O)Nc1ccc(Cl)c(C(N)=O)c1. The third kappa shape index (κ3) is 2.58. The Labute approximate surface area is 104 Å². The molecule has 90 valence electrons. The Morgan fingerprint density at radius 1 is 1.47 bits per heavy atom. The van der Waals surface area contributed by atoms with Crippen molar-refractivity contribution in [2.75, 3.05) is 5.32 Å². The van der Waals surface area contributed by atoms with Crippen LogP contribution in [0, 0.1) is 11.8 Å². The molecule has 0 saturated heterocycles. The Morgan fingerprint density at radius 2 is 2.12 bits per heavy atom. The van der Waals surface area contributed by atoms with Gasteiger partial charge in [-0.2, -0.15) is 0 Å². The van der Waals surface area contributed by atoms with Crippen LogP contribution in [0.5, 0.6) is 0 Å². The van der Waals surface area contributed by atoms with Crippen LogP contribution in [0.3, 0.4) is 0 Å². The van der Waals surface area contributed by atoms with Crippen LogP contribution in [-0.2, 0) is 4.79 Å². The van der Waals surface area contributed by atoms with Crippen molar-refractivity contribution < 1.29 is 9.59 Å². The van der Waals surface area contributed by atoms with E-state index in [0.717, 1.165) is 6.42 Å². The zero-order valence-corrected chi connectivity index (χ0v) is 10.1. The number of rotatable bonds is 3. The molecule has 1 fully saturated rings. The number of benzene rings is 1. The standard InChI is InChI=1S/C12H13ClN2O2/c1-6-4-8(6)12(17)15-7-2-3-10(13)9(5-7)11(14)16/h2-3,5-6,8H,4H2,1H3,(H2,14,16)(H,15,17)/t6-,8+/m1/s1. The largest absolute Gasteiger partial charge is 0.366 e. The first-order valence-electron chi connectivity index (χ1n) is 5.39. The first-order chi connectivity index (χ1) is 7.99. The Morgan fingerprint density at radius 3 is 2.65 bits per heavy atom. The number of carbonyl (C=O) groups excluding carboxylic acids is 2. The monoisotopic (exact) mass is 252 g/mol. The third-order valence-corrected chi connectivity index (χ3v) is 3.28. The van der Waals surface area contributed by atoms with Crippen LogP contribution in [0.2, 0.25) is 5.02 Å². The molecule has 1 aliphatic carbocycles. The topological polar surface area (TPSA) is 72.2 Å². The lowest BCUT2D eigenvalue weighted by atomic mass is 10.2. The van der Waals surface area contributed by atoms with Crippen molar-refractivity contribution in [3.8, 4) is 0 Å². The molecule has 0 unspecified atom stereocenters. The van der Waals surface area contributed by atoms with E-state index >= 15 is 0 Å². The summed E-state index contributed by atoms with van der Waals surface area (Å²) >= 11 is 5.81. The van der Waals surface area contributed by atoms with Gasteiger partial charge in [0.1, 0.15) is 0 Å². The van der Waals surface area contributed by atoms with Gasteiger partial charge in [0, 0.05) is 11.6 Å². The van der Waals surface area contributed by atoms with Gasteiger partial charge in [0.25, 0.3) is 0 Å². The molecule has 2 atom stereocenters. The number of halogens is 1. The number of hydrogen-bond donors (Lipinski definition) is 2. The molecule has 0 radical (unpaired) electrons. The Balaban J connectivity index is 2.14. The molecular weight excluding hydrogens is 240 g/mol. The number of hydrogen-bond acceptors (Lipinski definition) is 2. The van der Waals surface area contributed by atoms with Crippen LogP contribution in [0.15, 0.2) is 18.2 Å². The molecule has 0 aliphatic heterocycles. The average molecular weight is 253 g/mol. The number of nitrogens with two attached hydrogens (primary N) is 1. The fourth-order valence-electron chi connectivity index (χ4n) is 1.71. The van der Waals surface area contributed by atoms with Gasteiger partial charge in [-0.15, -0.1) is 0 Å². The summed E-state index contributed by atoms with van der Waals surface area (Å²) in [6, 6.07) is 4.70. The Hall–Kier alpha value is -1.55. The molecular formula is C12H13ClN2O2. The van der Waals surface area contributed by atoms with Crippen molar-refractivity contribution in [3.05, 3.63) is 28.8 Å². The van der Waals surface area contributed by atoms with Gasteiger partial charge in [0.2, 0.25) is 11.8 Å². The van der Waals surface area contributed by atoms with Gasteiger partial charge >= 0.3 is 0 Å². The van der Waals surface area contributed by atoms with E-state index in [1.165, 1.54) is 6.07 Å². The lowest BCUT2D eigenvalue weighted by Crippen LogP contribution is -2.16. The number of primary amides is 1. The zero-order chi connectivity index (χ0) is 12.6. The summed E-state index contributed by atoms with van der Waals surface area (Å²) in [5, 5.41) is 3.04. The highest BCUT2D eigenvalue weighted by atomic mass is 35.5. The minimum Gasteiger partial charge on any atom is -0.366 e. The van der Waals surface area contributed by atoms with Gasteiger partial charge in [-0.05, 0) is 30.5 Å². The van der Waals surface area contributed by atoms with Gasteiger partial charge in [0.05, 0.1) is 10.6 Å². The molecule has 2 amide bonds. The quantitative estimate of drug-likeness (QED) is 0.864. The van der Waals surface area contributed by atoms with E-state index in [2.05, 4.69) is 5.32 Å². The maximum Gasteiger partial charge on any atom is 0.250 e. The van der Waals surface area contributed by atoms with Gasteiger partial charge in [-0.3, -0.25) is 9.59 Å². The predicted molar refractivity (Wildman–Crippen MR) is 65.9 cm³/mol. The summed E-state index contributed by atoms with van der Waals surface area (Å²) in [5.74, 6) is -0.0956. The highest BCUT2D eigenvalue weighted by Crippen LogP contribution is 2.38. The second kappa shape index (κ2) is 4.37. The number of carbonyl (C=O) groups is 2. The van der Waals surface area contributed by atoms with Gasteiger partial charge in [0.15, 0.2) is 0 Å². The van der Waals surface area contributed by atoms with Gasteiger partial charge in [-0.1, -0.05) is 18.5 Å². The van der Waals surface area contributed by atoms with E-state index < -0.39 is 5.91 Å². The number of anilines is 1. The van der Waals surface area contributed by atoms with Crippen molar-refractivity contribution >= 4 is 29.1 Å². The van der Waals surface area contributed by atoms with Crippen molar-refractivity contribution in [1.82, 2.24) is 0 Å². The minimum absolute atomic E-state index is 0.0183. The van der Waals surface area contributed by atoms with E-state index in [1.807, 2.05) is 6.92 Å². The summed E-state index contributed by atoms with van der Waals surface area (Å²) in [5.41, 5.74) is 5.94. The average Bonchev–Trinajstić information content (AvgIpc) is 2.98. The van der Waals surface area contributed by atoms with E-state index in [9.17, 15) is 9.59 Å². The van der Waals surface area contributed by atoms with E-state index in [0.29, 0.717) is 11.6 Å². The molecule has 5 heteroatoms. The van der Waals surface area contributed by atoms with Crippen molar-refractivity contribution in [2.24, 2.45) is 17.6 Å². The van der Waals surface area contributed by atoms with E-state index in [4.69, 9.17) is 17.3 Å². The molecule has 0 spiro atoms. The zero-order valence-electron chi connectivity index (χ0n) is 9.37. The predicted octanol–water partition coefficient (Wildman–Crippen LogP) is 2.03. The summed E-state index contributed by atoms with van der Waals surface area (Å²) in [7, 11) is 0. The molecule has 0 bridgehead atoms. The maximum absolute atomic E-state index is 11.7. The van der Waals surface area contributed by atoms with Crippen molar-refractivity contribution in [3.63, 3.8) is 0 Å². The summed E-state index contributed by atoms with van der Waals surface area (Å²) in [6.45, 7) is 2.03. The summed E-state index contributed by atoms with van der Waals surface area (Å²) in [4.78, 5) is 22.8. The first-order valence-corrected chi connectivity index (χ1v) is 5.77. The normalized spacial score (nSPS) is 22.0. The summed E-state index contributed by atoms with van der Waals surface area (Å²) < 4.78 is 0. The highest BCUT2D eigenvalue weighted by Gasteiger charge is 2.39. The third-order valence-electron chi connectivity index (χ3n) is 2.95. The Bertz CT molecular complexity index is 487. The summed E-state index contributed by atoms with van der Waals surface area (Å²) in [6.07, 6.45) is 0.919. The number of nitrogens with one attached hydrogen (secondary N) is 1. The molecule has 4 nitrogen and oxygen atoms in total. The van der Waals surface area contributed by atoms with Crippen LogP contribution in [-0.4, -0.2) is 11.8 Å². The molecule has 3 N–H and O–H groups in total. The van der Waals surface area contributed by atoms with Crippen LogP contribution in [0.1, 0.15) is 23.7 Å². The molecule has 17 heavy (non-hydrogen) atoms. The van der Waals surface area contributed by atoms with Crippen LogP contribution in [0.4, 0.5) is 5.69 Å². The molecule has 0 heterocycles. The maximum atomic E-state index is 11.7. The van der Waals surface area contributed by atoms with Crippen molar-refractivity contribution in [1.29, 1.82) is 0 Å². The molecule has 1 aromatic carbocycles. The number of amides is 2. The first kappa shape index (κ1) is 11.9. The highest BCUT2D eigenvalue weighted by molar-refractivity contribution is 6.34. The lowest BCUT2D eigenvalue weighted by molar-refractivity contribution is -0.117. The van der Waals surface area contributed by atoms with Crippen LogP contribution >= 0.6 is 11.6 Å². The lowest BCUT2D eigenvalue weighted by Gasteiger charge is -2.07. The van der Waals surface area contributed by atoms with Crippen LogP contribution in [0.25, 0.3) is 0 Å². The molecule has 2 rings (SSSR count). The van der Waals surface area contributed by atoms with E-state index in [-0.39, 0.29) is 22.4 Å². The van der Waals surface area contributed by atoms with Crippen molar-refractivity contribution in [2.45, 2.75) is 13.3 Å². The second-order valence-electron chi connectivity index (χ2n) is 4.37. The van der Waals surface area contributed by atoms with Gasteiger partial charge < -0.3 is 11.1 Å². The van der Waals surface area contributed by atoms with Gasteiger partial charge in [-0.25, -0.2) is 0 Å². The second-order valence-corrected chi connectivity index (χ2v) is 4.77.